The van der Waals surface area contributed by atoms with Gasteiger partial charge in [0.05, 0.1) is 13.2 Å². The summed E-state index contributed by atoms with van der Waals surface area (Å²) < 4.78 is 26.5. The minimum Gasteiger partial charge on any atom is -0.494 e. The Morgan fingerprint density at radius 2 is 1.67 bits per heavy atom. The molecule has 3 N–H and O–H groups in total. The van der Waals surface area contributed by atoms with Crippen LogP contribution in [0.25, 0.3) is 20.9 Å². The van der Waals surface area contributed by atoms with E-state index in [4.69, 9.17) is 25.1 Å². The number of hydrogen-bond acceptors (Lipinski definition) is 8. The Balaban J connectivity index is 1.57. The second-order valence-corrected chi connectivity index (χ2v) is 11.1. The highest BCUT2D eigenvalue weighted by atomic mass is 19.1. The molecule has 4 aromatic rings. The van der Waals surface area contributed by atoms with E-state index in [2.05, 4.69) is 30.9 Å². The van der Waals surface area contributed by atoms with E-state index in [1.54, 1.807) is 91.0 Å². The topological polar surface area (TPSA) is 190 Å². The normalized spacial score (nSPS) is 16.4. The van der Waals surface area contributed by atoms with E-state index in [-0.39, 0.29) is 37.8 Å². The summed E-state index contributed by atoms with van der Waals surface area (Å²) in [5.41, 5.74) is 25.5. The molecule has 0 aromatic heterocycles. The van der Waals surface area contributed by atoms with Gasteiger partial charge < -0.3 is 14.6 Å². The fourth-order valence-corrected chi connectivity index (χ4v) is 5.55. The average molecular weight is 664 g/mol. The summed E-state index contributed by atoms with van der Waals surface area (Å²) in [4.78, 5) is 25.4. The fraction of sp³-hybridized carbons (Fsp3) is 0.257. The number of hydrogen-bond donors (Lipinski definition) is 3. The van der Waals surface area contributed by atoms with Gasteiger partial charge in [-0.3, -0.25) is 10.2 Å². The number of aliphatic hydroxyl groups excluding tert-OH is 1. The van der Waals surface area contributed by atoms with Crippen molar-refractivity contribution >= 4 is 17.5 Å². The maximum atomic E-state index is 14.5. The monoisotopic (exact) mass is 663 g/mol. The molecular formula is C35H34FN9O4. The third-order valence-electron chi connectivity index (χ3n) is 7.95. The number of rotatable bonds is 16. The lowest BCUT2D eigenvalue weighted by molar-refractivity contribution is -0.130. The number of carbonyl (C=O) groups is 1. The Hall–Kier alpha value is -5.91. The van der Waals surface area contributed by atoms with Gasteiger partial charge in [-0.05, 0) is 70.1 Å². The minimum absolute atomic E-state index is 0.00432. The fourth-order valence-electron chi connectivity index (χ4n) is 5.55. The van der Waals surface area contributed by atoms with Crippen molar-refractivity contribution in [1.82, 2.24) is 10.9 Å². The second kappa shape index (κ2) is 16.8. The zero-order valence-electron chi connectivity index (χ0n) is 26.4. The third kappa shape index (κ3) is 8.33. The molecule has 14 heteroatoms. The molecule has 5 rings (SSSR count). The van der Waals surface area contributed by atoms with Crippen LogP contribution in [-0.4, -0.2) is 42.2 Å². The Labute approximate surface area is 281 Å². The number of hydrazine groups is 1. The van der Waals surface area contributed by atoms with Crippen LogP contribution in [-0.2, 0) is 28.9 Å². The van der Waals surface area contributed by atoms with Gasteiger partial charge in [0.2, 0.25) is 5.90 Å². The van der Waals surface area contributed by atoms with Crippen LogP contribution in [0, 0.1) is 5.82 Å². The van der Waals surface area contributed by atoms with Gasteiger partial charge in [0.15, 0.2) is 11.6 Å². The molecule has 1 heterocycles. The molecule has 1 aliphatic heterocycles. The number of aliphatic imine (C=N–C) groups is 1. The number of nitrogens with zero attached hydrogens (tertiary/aromatic N) is 7. The van der Waals surface area contributed by atoms with Crippen LogP contribution in [0.4, 0.5) is 10.1 Å². The van der Waals surface area contributed by atoms with Crippen molar-refractivity contribution in [3.05, 3.63) is 152 Å². The van der Waals surface area contributed by atoms with Crippen molar-refractivity contribution in [3.63, 3.8) is 0 Å². The first-order valence-corrected chi connectivity index (χ1v) is 15.6. The van der Waals surface area contributed by atoms with Crippen LogP contribution >= 0.6 is 0 Å². The molecule has 2 atom stereocenters. The largest absolute Gasteiger partial charge is 0.494 e. The molecule has 250 valence electrons. The number of benzene rings is 4. The van der Waals surface area contributed by atoms with Crippen molar-refractivity contribution in [2.45, 2.75) is 37.5 Å². The summed E-state index contributed by atoms with van der Waals surface area (Å²) in [6.07, 6.45) is -0.288. The van der Waals surface area contributed by atoms with E-state index in [0.717, 1.165) is 0 Å². The van der Waals surface area contributed by atoms with Gasteiger partial charge in [0, 0.05) is 47.1 Å². The van der Waals surface area contributed by atoms with Crippen LogP contribution in [0.1, 0.15) is 40.3 Å². The van der Waals surface area contributed by atoms with Crippen molar-refractivity contribution < 1.29 is 23.8 Å². The van der Waals surface area contributed by atoms with Gasteiger partial charge in [0.1, 0.15) is 11.6 Å². The Kier molecular flexibility index (Phi) is 11.8. The Morgan fingerprint density at radius 1 is 0.959 bits per heavy atom. The molecule has 0 unspecified atom stereocenters. The second-order valence-electron chi connectivity index (χ2n) is 11.1. The predicted molar refractivity (Wildman–Crippen MR) is 181 cm³/mol. The number of azide groups is 2. The number of halogens is 1. The lowest BCUT2D eigenvalue weighted by Gasteiger charge is -2.32. The van der Waals surface area contributed by atoms with Crippen LogP contribution in [0.3, 0.4) is 0 Å². The molecule has 0 bridgehead atoms. The highest BCUT2D eigenvalue weighted by Gasteiger charge is 2.54. The molecule has 4 aromatic carbocycles. The van der Waals surface area contributed by atoms with Gasteiger partial charge >= 0.3 is 0 Å². The molecular weight excluding hydrogens is 629 g/mol. The molecule has 0 saturated carbocycles. The summed E-state index contributed by atoms with van der Waals surface area (Å²) in [5, 5.41) is 16.7. The van der Waals surface area contributed by atoms with Crippen molar-refractivity contribution in [2.24, 2.45) is 15.2 Å². The minimum atomic E-state index is -1.68. The van der Waals surface area contributed by atoms with E-state index in [1.807, 2.05) is 0 Å². The smallest absolute Gasteiger partial charge is 0.266 e. The SMILES string of the molecule is [N-]=[N+]=NCc1ccccc1[C@@H]1OC(c2ccc(OCCCO)cc2)=N[C@]1(Cc1ccccc1N=[N+]=[N-])C(=O)NNCCc1ccccc1F. The van der Waals surface area contributed by atoms with E-state index in [1.165, 1.54) is 6.07 Å². The first kappa shape index (κ1) is 34.4. The van der Waals surface area contributed by atoms with Gasteiger partial charge in [-0.25, -0.2) is 14.8 Å². The molecule has 0 aliphatic carbocycles. The predicted octanol–water partition coefficient (Wildman–Crippen LogP) is 6.70. The van der Waals surface area contributed by atoms with Gasteiger partial charge in [-0.2, -0.15) is 0 Å². The summed E-state index contributed by atoms with van der Waals surface area (Å²) >= 11 is 0. The highest BCUT2D eigenvalue weighted by molar-refractivity contribution is 6.01. The quantitative estimate of drug-likeness (QED) is 0.0394. The number of nitrogens with one attached hydrogen (secondary N) is 2. The maximum Gasteiger partial charge on any atom is 0.266 e. The number of ether oxygens (including phenoxy) is 2. The number of carbonyl (C=O) groups excluding carboxylic acids is 1. The zero-order chi connectivity index (χ0) is 34.5. The third-order valence-corrected chi connectivity index (χ3v) is 7.95. The van der Waals surface area contributed by atoms with E-state index in [0.29, 0.717) is 58.7 Å². The summed E-state index contributed by atoms with van der Waals surface area (Å²) in [5.74, 6) is -0.146. The average Bonchev–Trinajstić information content (AvgIpc) is 3.51. The van der Waals surface area contributed by atoms with Crippen LogP contribution in [0.5, 0.6) is 5.75 Å². The lowest BCUT2D eigenvalue weighted by Crippen LogP contribution is -2.54. The first-order chi connectivity index (χ1) is 24.0. The standard InChI is InChI=1S/C35H34FN9O4/c36-30-12-5-2-8-24(30)18-19-39-43-34(47)35(22-26-9-3-6-13-31(26)42-45-38)32(29-11-4-1-10-27(29)23-40-44-37)49-33(41-35)25-14-16-28(17-15-25)48-21-7-20-46/h1-6,8-17,32,39,46H,7,18-23H2,(H,43,47)/t32-,35-/m0/s1. The molecule has 1 aliphatic rings. The molecule has 49 heavy (non-hydrogen) atoms. The van der Waals surface area contributed by atoms with Crippen LogP contribution in [0.2, 0.25) is 0 Å². The molecule has 1 amide bonds. The zero-order valence-corrected chi connectivity index (χ0v) is 26.4. The number of amides is 1. The summed E-state index contributed by atoms with van der Waals surface area (Å²) in [7, 11) is 0. The molecule has 0 spiro atoms. The van der Waals surface area contributed by atoms with Gasteiger partial charge in [-0.1, -0.05) is 77.0 Å². The van der Waals surface area contributed by atoms with E-state index < -0.39 is 17.6 Å². The maximum absolute atomic E-state index is 14.5. The molecule has 0 saturated heterocycles. The molecule has 0 fully saturated rings. The van der Waals surface area contributed by atoms with Gasteiger partial charge in [-0.15, -0.1) is 0 Å². The Morgan fingerprint density at radius 3 is 2.41 bits per heavy atom. The number of aliphatic hydroxyl groups is 1. The van der Waals surface area contributed by atoms with Crippen molar-refractivity contribution in [2.75, 3.05) is 19.8 Å². The highest BCUT2D eigenvalue weighted by Crippen LogP contribution is 2.44. The van der Waals surface area contributed by atoms with E-state index >= 15 is 0 Å². The van der Waals surface area contributed by atoms with Crippen LogP contribution in [0.15, 0.2) is 112 Å². The first-order valence-electron chi connectivity index (χ1n) is 15.6. The van der Waals surface area contributed by atoms with Gasteiger partial charge in [0.25, 0.3) is 5.91 Å². The van der Waals surface area contributed by atoms with E-state index in [9.17, 15) is 14.7 Å². The summed E-state index contributed by atoms with van der Waals surface area (Å²) in [6, 6.07) is 27.4. The van der Waals surface area contributed by atoms with Crippen molar-refractivity contribution in [1.29, 1.82) is 0 Å². The Bertz CT molecular complexity index is 1890. The molecule has 13 nitrogen and oxygen atoms in total. The molecule has 0 radical (unpaired) electrons. The van der Waals surface area contributed by atoms with Crippen molar-refractivity contribution in [3.8, 4) is 5.75 Å². The lowest BCUT2D eigenvalue weighted by atomic mass is 9.80. The van der Waals surface area contributed by atoms with Crippen LogP contribution < -0.4 is 15.6 Å². The summed E-state index contributed by atoms with van der Waals surface area (Å²) in [6.45, 7) is 0.562.